The Morgan fingerprint density at radius 2 is 0.846 bits per heavy atom. The maximum atomic E-state index is 9.48. The summed E-state index contributed by atoms with van der Waals surface area (Å²) in [6.45, 7) is 0. The van der Waals surface area contributed by atoms with Crippen molar-refractivity contribution in [2.24, 2.45) is 0 Å². The lowest BCUT2D eigenvalue weighted by Crippen LogP contribution is -2.01. The minimum atomic E-state index is 0.610. The number of nitrogens with zero attached hydrogens (tertiary/aromatic N) is 6. The normalized spacial score (nSPS) is 11.4. The molecule has 6 nitrogen and oxygen atoms in total. The van der Waals surface area contributed by atoms with Crippen LogP contribution in [0.15, 0.2) is 170 Å². The molecule has 0 spiro atoms. The molecule has 0 aliphatic rings. The molecule has 242 valence electrons. The molecule has 0 radical (unpaired) electrons. The fourth-order valence-corrected chi connectivity index (χ4v) is 7.39. The van der Waals surface area contributed by atoms with Gasteiger partial charge in [-0.3, -0.25) is 0 Å². The Morgan fingerprint density at radius 1 is 0.365 bits per heavy atom. The van der Waals surface area contributed by atoms with Gasteiger partial charge >= 0.3 is 0 Å². The Morgan fingerprint density at radius 3 is 1.40 bits per heavy atom. The lowest BCUT2D eigenvalue weighted by atomic mass is 10.1. The molecule has 6 heteroatoms. The van der Waals surface area contributed by atoms with Gasteiger partial charge in [-0.2, -0.15) is 5.26 Å². The average molecular weight is 665 g/mol. The number of nitriles is 1. The molecule has 0 aliphatic carbocycles. The molecular formula is C46H28N6. The van der Waals surface area contributed by atoms with Crippen LogP contribution in [0.4, 0.5) is 0 Å². The summed E-state index contributed by atoms with van der Waals surface area (Å²) in [5.74, 6) is 1.87. The molecule has 0 fully saturated rings. The molecule has 0 saturated heterocycles. The number of aromatic nitrogens is 5. The molecular weight excluding hydrogens is 637 g/mol. The molecule has 10 rings (SSSR count). The van der Waals surface area contributed by atoms with Gasteiger partial charge in [0.05, 0.1) is 33.7 Å². The van der Waals surface area contributed by atoms with Crippen molar-refractivity contribution in [2.75, 3.05) is 0 Å². The van der Waals surface area contributed by atoms with E-state index in [1.807, 2.05) is 84.9 Å². The van der Waals surface area contributed by atoms with Crippen molar-refractivity contribution < 1.29 is 0 Å². The second kappa shape index (κ2) is 11.9. The van der Waals surface area contributed by atoms with Crippen LogP contribution in [0.2, 0.25) is 0 Å². The van der Waals surface area contributed by atoms with Gasteiger partial charge in [-0.15, -0.1) is 0 Å². The highest BCUT2D eigenvalue weighted by Gasteiger charge is 2.19. The number of hydrogen-bond donors (Lipinski definition) is 0. The zero-order valence-electron chi connectivity index (χ0n) is 27.8. The second-order valence-electron chi connectivity index (χ2n) is 12.8. The van der Waals surface area contributed by atoms with Gasteiger partial charge in [0, 0.05) is 49.6 Å². The lowest BCUT2D eigenvalue weighted by Gasteiger charge is -2.12. The average Bonchev–Trinajstić information content (AvgIpc) is 3.72. The summed E-state index contributed by atoms with van der Waals surface area (Å²) in [5, 5.41) is 14.2. The van der Waals surface area contributed by atoms with E-state index in [1.54, 1.807) is 0 Å². The van der Waals surface area contributed by atoms with Crippen molar-refractivity contribution in [3.63, 3.8) is 0 Å². The van der Waals surface area contributed by atoms with Gasteiger partial charge in [-0.1, -0.05) is 109 Å². The van der Waals surface area contributed by atoms with Crippen molar-refractivity contribution >= 4 is 43.6 Å². The van der Waals surface area contributed by atoms with Crippen molar-refractivity contribution in [1.82, 2.24) is 24.1 Å². The first-order valence-electron chi connectivity index (χ1n) is 17.2. The van der Waals surface area contributed by atoms with Crippen LogP contribution in [0.5, 0.6) is 0 Å². The summed E-state index contributed by atoms with van der Waals surface area (Å²) in [5.41, 5.74) is 9.83. The predicted molar refractivity (Wildman–Crippen MR) is 210 cm³/mol. The molecule has 10 aromatic rings. The van der Waals surface area contributed by atoms with Gasteiger partial charge in [-0.25, -0.2) is 15.0 Å². The first-order chi connectivity index (χ1) is 25.7. The Hall–Kier alpha value is -7.36. The van der Waals surface area contributed by atoms with Crippen molar-refractivity contribution in [2.45, 2.75) is 0 Å². The molecule has 0 N–H and O–H groups in total. The highest BCUT2D eigenvalue weighted by Crippen LogP contribution is 2.40. The van der Waals surface area contributed by atoms with E-state index in [0.29, 0.717) is 23.0 Å². The van der Waals surface area contributed by atoms with Gasteiger partial charge in [-0.05, 0) is 60.7 Å². The number of rotatable bonds is 5. The second-order valence-corrected chi connectivity index (χ2v) is 12.8. The van der Waals surface area contributed by atoms with Crippen LogP contribution in [0.25, 0.3) is 89.2 Å². The van der Waals surface area contributed by atoms with Gasteiger partial charge in [0.15, 0.2) is 17.5 Å². The minimum Gasteiger partial charge on any atom is -0.309 e. The third kappa shape index (κ3) is 4.76. The highest BCUT2D eigenvalue weighted by molar-refractivity contribution is 6.19. The fraction of sp³-hybridized carbons (Fsp3) is 0. The molecule has 0 unspecified atom stereocenters. The summed E-state index contributed by atoms with van der Waals surface area (Å²) < 4.78 is 4.64. The zero-order chi connectivity index (χ0) is 34.6. The van der Waals surface area contributed by atoms with Gasteiger partial charge in [0.2, 0.25) is 0 Å². The first-order valence-corrected chi connectivity index (χ1v) is 17.2. The highest BCUT2D eigenvalue weighted by atomic mass is 15.0. The Bertz CT molecular complexity index is 2950. The zero-order valence-corrected chi connectivity index (χ0v) is 27.8. The minimum absolute atomic E-state index is 0.610. The van der Waals surface area contributed by atoms with Crippen LogP contribution in [0, 0.1) is 11.3 Å². The summed E-state index contributed by atoms with van der Waals surface area (Å²) >= 11 is 0. The quantitative estimate of drug-likeness (QED) is 0.184. The van der Waals surface area contributed by atoms with E-state index in [9.17, 15) is 5.26 Å². The van der Waals surface area contributed by atoms with Gasteiger partial charge in [0.1, 0.15) is 0 Å². The van der Waals surface area contributed by atoms with E-state index in [1.165, 1.54) is 21.5 Å². The molecule has 0 amide bonds. The summed E-state index contributed by atoms with van der Waals surface area (Å²) in [6.07, 6.45) is 0. The Labute approximate surface area is 299 Å². The van der Waals surface area contributed by atoms with Crippen molar-refractivity contribution in [3.05, 3.63) is 175 Å². The first kappa shape index (κ1) is 29.5. The summed E-state index contributed by atoms with van der Waals surface area (Å²) in [6, 6.07) is 60.4. The Balaban J connectivity index is 1.21. The van der Waals surface area contributed by atoms with Crippen LogP contribution in [-0.4, -0.2) is 24.1 Å². The van der Waals surface area contributed by atoms with E-state index >= 15 is 0 Å². The summed E-state index contributed by atoms with van der Waals surface area (Å²) in [4.78, 5) is 14.9. The smallest absolute Gasteiger partial charge is 0.164 e. The van der Waals surface area contributed by atoms with E-state index in [2.05, 4.69) is 100 Å². The number of hydrogen-bond acceptors (Lipinski definition) is 4. The predicted octanol–water partition coefficient (Wildman–Crippen LogP) is 10.9. The SMILES string of the molecule is N#Cc1ccc(-n2c3ccccc3c3cc4c5ccccc5n(-c5cccc(-c6nc(-c7ccccc7)nc(-c7ccccc7)n6)c5)c4cc32)cc1. The van der Waals surface area contributed by atoms with Gasteiger partial charge < -0.3 is 9.13 Å². The van der Waals surface area contributed by atoms with E-state index in [4.69, 9.17) is 15.0 Å². The maximum Gasteiger partial charge on any atom is 0.164 e. The fourth-order valence-electron chi connectivity index (χ4n) is 7.39. The third-order valence-electron chi connectivity index (χ3n) is 9.78. The topological polar surface area (TPSA) is 72.3 Å². The maximum absolute atomic E-state index is 9.48. The lowest BCUT2D eigenvalue weighted by molar-refractivity contribution is 1.07. The Kier molecular flexibility index (Phi) is 6.76. The molecule has 0 atom stereocenters. The van der Waals surface area contributed by atoms with E-state index in [0.717, 1.165) is 50.1 Å². The monoisotopic (exact) mass is 664 g/mol. The van der Waals surface area contributed by atoms with Crippen LogP contribution in [-0.2, 0) is 0 Å². The standard InChI is InChI=1S/C46H28N6/c47-29-30-22-24-34(25-23-30)51-40-20-9-7-18-36(40)38-27-39-37-19-8-10-21-41(37)52(43(39)28-42(38)51)35-17-11-16-33(26-35)46-49-44(31-12-3-1-4-13-31)48-45(50-46)32-14-5-2-6-15-32/h1-28H. The molecule has 3 aromatic heterocycles. The molecule has 0 saturated carbocycles. The van der Waals surface area contributed by atoms with Crippen LogP contribution < -0.4 is 0 Å². The molecule has 52 heavy (non-hydrogen) atoms. The number of benzene rings is 7. The van der Waals surface area contributed by atoms with Crippen LogP contribution in [0.3, 0.4) is 0 Å². The largest absolute Gasteiger partial charge is 0.309 e. The molecule has 0 aliphatic heterocycles. The summed E-state index contributed by atoms with van der Waals surface area (Å²) in [7, 11) is 0. The molecule has 3 heterocycles. The number of fused-ring (bicyclic) bond motifs is 6. The molecule has 0 bridgehead atoms. The van der Waals surface area contributed by atoms with Gasteiger partial charge in [0.25, 0.3) is 0 Å². The van der Waals surface area contributed by atoms with Crippen molar-refractivity contribution in [1.29, 1.82) is 5.26 Å². The number of para-hydroxylation sites is 2. The molecule has 7 aromatic carbocycles. The third-order valence-corrected chi connectivity index (χ3v) is 9.78. The van der Waals surface area contributed by atoms with E-state index in [-0.39, 0.29) is 0 Å². The van der Waals surface area contributed by atoms with E-state index < -0.39 is 0 Å². The van der Waals surface area contributed by atoms with Crippen LogP contribution in [0.1, 0.15) is 5.56 Å². The van der Waals surface area contributed by atoms with Crippen LogP contribution >= 0.6 is 0 Å². The van der Waals surface area contributed by atoms with Crippen molar-refractivity contribution in [3.8, 4) is 51.6 Å².